The molecule has 18 rings (SSSR count). The van der Waals surface area contributed by atoms with Gasteiger partial charge in [-0.15, -0.1) is 0 Å². The van der Waals surface area contributed by atoms with Crippen LogP contribution in [0.3, 0.4) is 0 Å². The molecule has 24 N–H and O–H groups in total. The third-order valence-corrected chi connectivity index (χ3v) is 23.9. The molecular weight excluding hydrogens is 1680 g/mol. The first-order valence-electron chi connectivity index (χ1n) is 44.1. The molecule has 0 unspecified atom stereocenters. The van der Waals surface area contributed by atoms with Crippen LogP contribution < -0.4 is 128 Å². The number of para-hydroxylation sites is 3. The maximum Gasteiger partial charge on any atom is 0.222 e. The molecule has 38 nitrogen and oxygen atoms in total. The van der Waals surface area contributed by atoms with Crippen molar-refractivity contribution >= 4 is 150 Å². The van der Waals surface area contributed by atoms with Gasteiger partial charge in [0.15, 0.2) is 34.9 Å². The number of halogens is 1. The first kappa shape index (κ1) is 93.9. The highest BCUT2D eigenvalue weighted by Gasteiger charge is 2.30. The lowest BCUT2D eigenvalue weighted by Gasteiger charge is -2.38. The standard InChI is InChI=1S/C17H21N7.C16H19N7.C16H22N6.C15H19ClN6.C15H20N6.C14H18N6/c1-2-14-15(16(19)22-17(20)21-14)24-9-7-23(8-10-24)13-5-3-12(11-18)4-6-13;1-11-14(15(18)21-16(19)20-11)23-8-6-22(7-9-23)13-4-2-12(10-17)3-5-13;1-2-13-14(15(17)20-16(18)19-13)22-10-8-21(9-11-22)12-6-4-3-5-7-12;1-10-13(14(17)20-15(18)19-10)22-8-6-21(7-9-22)12-4-2-11(16)3-5-12;1-11-13(14(16)19-15(17)18-11)21-9-7-20(8-10-21)12-5-3-2-4-6-12;15-13-12(10-17-14(16)18-13)20-8-6-19(7-9-20)11-4-2-1-3-5-11/h3-6H,2,7-10H2,1H3,(H4,19,20,21,22);2-5H,6-9H2,1H3,(H4,18,19,20,21);3-7H,2,8-11H2,1H3,(H4,17,18,19,20);2-5H,6-9H2,1H3,(H4,17,18,19,20);2-6H,7-10H2,1H3,(H4,16,17,18,19);1-5,10H,6-9H2,(H4,15,16,17,18). The average Bonchev–Trinajstić information content (AvgIpc) is 0.583. The van der Waals surface area contributed by atoms with Gasteiger partial charge in [0.05, 0.1) is 63.6 Å². The quantitative estimate of drug-likeness (QED) is 0.0487. The van der Waals surface area contributed by atoms with Gasteiger partial charge < -0.3 is 128 Å². The first-order valence-corrected chi connectivity index (χ1v) is 44.5. The van der Waals surface area contributed by atoms with E-state index >= 15 is 0 Å². The number of rotatable bonds is 14. The minimum absolute atomic E-state index is 0.208. The smallest absolute Gasteiger partial charge is 0.222 e. The van der Waals surface area contributed by atoms with Gasteiger partial charge in [0.2, 0.25) is 35.7 Å². The first-order chi connectivity index (χ1) is 63.8. The Bertz CT molecular complexity index is 5780. The number of hydrogen-bond acceptors (Lipinski definition) is 38. The van der Waals surface area contributed by atoms with Gasteiger partial charge in [-0.05, 0) is 143 Å². The minimum Gasteiger partial charge on any atom is -0.382 e. The molecule has 6 aromatic carbocycles. The van der Waals surface area contributed by atoms with E-state index in [0.717, 1.165) is 249 Å². The lowest BCUT2D eigenvalue weighted by atomic mass is 10.1. The second-order valence-corrected chi connectivity index (χ2v) is 32.5. The number of anilines is 24. The van der Waals surface area contributed by atoms with E-state index in [1.54, 1.807) is 6.20 Å². The Morgan fingerprint density at radius 1 is 0.258 bits per heavy atom. The second kappa shape index (κ2) is 44.3. The van der Waals surface area contributed by atoms with Gasteiger partial charge in [-0.25, -0.2) is 29.9 Å². The fourth-order valence-corrected chi connectivity index (χ4v) is 17.3. The summed E-state index contributed by atoms with van der Waals surface area (Å²) >= 11 is 5.94. The molecule has 0 bridgehead atoms. The number of nitriles is 2. The van der Waals surface area contributed by atoms with Crippen LogP contribution in [0.15, 0.2) is 170 Å². The summed E-state index contributed by atoms with van der Waals surface area (Å²) in [7, 11) is 0. The highest BCUT2D eigenvalue weighted by molar-refractivity contribution is 6.30. The van der Waals surface area contributed by atoms with E-state index in [4.69, 9.17) is 90.9 Å². The molecule has 0 aliphatic carbocycles. The van der Waals surface area contributed by atoms with E-state index in [-0.39, 0.29) is 35.7 Å². The molecule has 6 aliphatic rings. The van der Waals surface area contributed by atoms with Crippen LogP contribution in [0, 0.1) is 43.4 Å². The SMILES string of the molecule is CCc1nc(N)nc(N)c1N1CCN(c2ccc(C#N)cc2)CC1.CCc1nc(N)nc(N)c1N1CCN(c2ccccc2)CC1.Cc1nc(N)nc(N)c1N1CCN(c2ccc(C#N)cc2)CC1.Cc1nc(N)nc(N)c1N1CCN(c2ccc(Cl)cc2)CC1.Cc1nc(N)nc(N)c1N1CCN(c2ccccc2)CC1.Nc1ncc(N2CCN(c3ccccc3)CC2)c(N)n1. The zero-order valence-corrected chi connectivity index (χ0v) is 76.2. The van der Waals surface area contributed by atoms with Gasteiger partial charge in [-0.1, -0.05) is 80.0 Å². The molecule has 0 spiro atoms. The lowest BCUT2D eigenvalue weighted by molar-refractivity contribution is 0.649. The van der Waals surface area contributed by atoms with Crippen LogP contribution in [0.5, 0.6) is 0 Å². The van der Waals surface area contributed by atoms with Crippen LogP contribution in [0.25, 0.3) is 0 Å². The number of benzene rings is 6. The molecule has 0 radical (unpaired) electrons. The normalized spacial score (nSPS) is 15.0. The van der Waals surface area contributed by atoms with Gasteiger partial charge in [0.1, 0.15) is 28.4 Å². The fourth-order valence-electron chi connectivity index (χ4n) is 17.1. The average molecular weight is 1800 g/mol. The van der Waals surface area contributed by atoms with Crippen LogP contribution in [-0.2, 0) is 12.8 Å². The molecule has 6 saturated heterocycles. The number of aryl methyl sites for hydroxylation is 5. The van der Waals surface area contributed by atoms with E-state index in [9.17, 15) is 0 Å². The number of piperazine rings is 6. The van der Waals surface area contributed by atoms with E-state index in [1.807, 2.05) is 119 Å². The molecule has 6 aromatic heterocycles. The molecule has 6 fully saturated rings. The fraction of sp³-hybridized carbons (Fsp3) is 0.333. The van der Waals surface area contributed by atoms with Gasteiger partial charge in [-0.3, -0.25) is 0 Å². The van der Waals surface area contributed by atoms with Crippen molar-refractivity contribution in [1.29, 1.82) is 10.5 Å². The molecule has 132 heavy (non-hydrogen) atoms. The van der Waals surface area contributed by atoms with Gasteiger partial charge in [0, 0.05) is 196 Å². The second-order valence-electron chi connectivity index (χ2n) is 32.1. The minimum atomic E-state index is 0.208. The van der Waals surface area contributed by atoms with E-state index < -0.39 is 0 Å². The molecular formula is C93H119ClN38. The van der Waals surface area contributed by atoms with Crippen LogP contribution in [0.2, 0.25) is 5.02 Å². The number of nitrogens with two attached hydrogens (primary N) is 12. The summed E-state index contributed by atoms with van der Waals surface area (Å²) < 4.78 is 0. The maximum absolute atomic E-state index is 8.89. The molecule has 688 valence electrons. The Labute approximate surface area is 775 Å². The van der Waals surface area contributed by atoms with Crippen molar-refractivity contribution in [3.8, 4) is 12.1 Å². The van der Waals surface area contributed by atoms with Crippen molar-refractivity contribution in [2.75, 3.05) is 285 Å². The van der Waals surface area contributed by atoms with E-state index in [0.29, 0.717) is 46.0 Å². The molecule has 12 heterocycles. The van der Waals surface area contributed by atoms with Gasteiger partial charge in [-0.2, -0.15) is 40.4 Å². The number of hydrogen-bond donors (Lipinski definition) is 12. The number of nitrogen functional groups attached to an aromatic ring is 12. The van der Waals surface area contributed by atoms with Gasteiger partial charge >= 0.3 is 0 Å². The Hall–Kier alpha value is -15.7. The number of nitrogens with zero attached hydrogens (tertiary/aromatic N) is 26. The molecule has 0 amide bonds. The van der Waals surface area contributed by atoms with Crippen molar-refractivity contribution in [2.24, 2.45) is 0 Å². The molecule has 0 saturated carbocycles. The summed E-state index contributed by atoms with van der Waals surface area (Å²) in [5.74, 6) is 4.09. The lowest BCUT2D eigenvalue weighted by Crippen LogP contribution is -2.47. The highest BCUT2D eigenvalue weighted by Crippen LogP contribution is 2.36. The summed E-state index contributed by atoms with van der Waals surface area (Å²) in [6.45, 7) is 31.3. The Balaban J connectivity index is 0.000000135. The Kier molecular flexibility index (Phi) is 31.5. The zero-order chi connectivity index (χ0) is 93.5. The third kappa shape index (κ3) is 24.0. The third-order valence-electron chi connectivity index (χ3n) is 23.7. The van der Waals surface area contributed by atoms with Crippen molar-refractivity contribution in [3.63, 3.8) is 0 Å². The van der Waals surface area contributed by atoms with E-state index in [2.05, 4.69) is 210 Å². The summed E-state index contributed by atoms with van der Waals surface area (Å²) in [5, 5.41) is 18.5. The number of aromatic nitrogens is 12. The maximum atomic E-state index is 8.89. The Morgan fingerprint density at radius 2 is 0.477 bits per heavy atom. The monoisotopic (exact) mass is 1800 g/mol. The van der Waals surface area contributed by atoms with Crippen LogP contribution in [-0.4, -0.2) is 217 Å². The highest BCUT2D eigenvalue weighted by atomic mass is 35.5. The van der Waals surface area contributed by atoms with Crippen LogP contribution in [0.1, 0.15) is 53.4 Å². The van der Waals surface area contributed by atoms with Gasteiger partial charge in [0.25, 0.3) is 0 Å². The van der Waals surface area contributed by atoms with Crippen molar-refractivity contribution in [1.82, 2.24) is 59.8 Å². The van der Waals surface area contributed by atoms with Crippen LogP contribution >= 0.6 is 11.6 Å². The van der Waals surface area contributed by atoms with Crippen molar-refractivity contribution in [2.45, 2.75) is 47.5 Å². The largest absolute Gasteiger partial charge is 0.382 e. The predicted octanol–water partition coefficient (Wildman–Crippen LogP) is 8.25. The predicted molar refractivity (Wildman–Crippen MR) is 538 cm³/mol. The van der Waals surface area contributed by atoms with Crippen LogP contribution in [0.4, 0.5) is 139 Å². The van der Waals surface area contributed by atoms with E-state index in [1.165, 1.54) is 22.7 Å². The Morgan fingerprint density at radius 3 is 0.727 bits per heavy atom. The molecule has 39 heteroatoms. The summed E-state index contributed by atoms with van der Waals surface area (Å²) in [6.07, 6.45) is 3.27. The molecule has 6 aliphatic heterocycles. The molecule has 12 aromatic rings. The van der Waals surface area contributed by atoms with Crippen molar-refractivity contribution < 1.29 is 0 Å². The topological polar surface area (TPSA) is 553 Å². The summed E-state index contributed by atoms with van der Waals surface area (Å²) in [6, 6.07) is 58.9. The summed E-state index contributed by atoms with van der Waals surface area (Å²) in [5.41, 5.74) is 88.2. The zero-order valence-electron chi connectivity index (χ0n) is 75.5. The van der Waals surface area contributed by atoms with Crippen molar-refractivity contribution in [3.05, 3.63) is 215 Å². The summed E-state index contributed by atoms with van der Waals surface area (Å²) in [4.78, 5) is 77.2. The molecule has 0 atom stereocenters.